The van der Waals surface area contributed by atoms with E-state index in [1.165, 1.54) is 12.8 Å². The van der Waals surface area contributed by atoms with Crippen LogP contribution in [0.2, 0.25) is 0 Å². The van der Waals surface area contributed by atoms with Crippen LogP contribution in [-0.4, -0.2) is 30.7 Å². The fourth-order valence-corrected chi connectivity index (χ4v) is 4.34. The number of carbonyl (C=O) groups excluding carboxylic acids is 1. The normalized spacial score (nSPS) is 27.1. The van der Waals surface area contributed by atoms with Crippen molar-refractivity contribution in [1.29, 1.82) is 0 Å². The van der Waals surface area contributed by atoms with Gasteiger partial charge in [-0.15, -0.1) is 0 Å². The Bertz CT molecular complexity index is 563. The van der Waals surface area contributed by atoms with Crippen LogP contribution in [0.15, 0.2) is 23.7 Å². The highest BCUT2D eigenvalue weighted by Gasteiger charge is 2.38. The van der Waals surface area contributed by atoms with Crippen molar-refractivity contribution < 1.29 is 14.3 Å². The molecule has 0 radical (unpaired) electrons. The van der Waals surface area contributed by atoms with Gasteiger partial charge in [0, 0.05) is 18.5 Å². The summed E-state index contributed by atoms with van der Waals surface area (Å²) in [6.07, 6.45) is 9.98. The average molecular weight is 347 g/mol. The number of allylic oxidation sites excluding steroid dienone is 2. The minimum Gasteiger partial charge on any atom is -0.454 e. The first kappa shape index (κ1) is 18.3. The molecule has 0 aromatic carbocycles. The van der Waals surface area contributed by atoms with Crippen LogP contribution in [0.5, 0.6) is 0 Å². The molecule has 3 unspecified atom stereocenters. The van der Waals surface area contributed by atoms with Crippen molar-refractivity contribution in [2.75, 3.05) is 19.9 Å². The minimum atomic E-state index is -0.156. The van der Waals surface area contributed by atoms with E-state index >= 15 is 0 Å². The number of hydrogen-bond acceptors (Lipinski definition) is 3. The smallest absolute Gasteiger partial charge is 0.231 e. The number of amides is 1. The monoisotopic (exact) mass is 347 g/mol. The van der Waals surface area contributed by atoms with E-state index in [-0.39, 0.29) is 5.41 Å². The van der Waals surface area contributed by atoms with E-state index in [9.17, 15) is 4.79 Å². The van der Waals surface area contributed by atoms with Crippen LogP contribution in [0.3, 0.4) is 0 Å². The maximum atomic E-state index is 12.4. The van der Waals surface area contributed by atoms with E-state index in [2.05, 4.69) is 44.7 Å². The predicted molar refractivity (Wildman–Crippen MR) is 98.5 cm³/mol. The topological polar surface area (TPSA) is 38.8 Å². The molecule has 0 bridgehead atoms. The number of likely N-dealkylation sites (tertiary alicyclic amines) is 1. The summed E-state index contributed by atoms with van der Waals surface area (Å²) in [7, 11) is 0. The summed E-state index contributed by atoms with van der Waals surface area (Å²) in [5, 5.41) is 0. The molecule has 3 rings (SSSR count). The van der Waals surface area contributed by atoms with Gasteiger partial charge in [0.15, 0.2) is 11.5 Å². The van der Waals surface area contributed by atoms with E-state index in [1.54, 1.807) is 0 Å². The molecule has 0 N–H and O–H groups in total. The van der Waals surface area contributed by atoms with E-state index in [1.807, 2.05) is 0 Å². The first-order chi connectivity index (χ1) is 11.9. The molecule has 0 aromatic heterocycles. The first-order valence-corrected chi connectivity index (χ1v) is 9.88. The highest BCUT2D eigenvalue weighted by atomic mass is 16.7. The number of hydrogen-bond donors (Lipinski definition) is 0. The largest absolute Gasteiger partial charge is 0.454 e. The zero-order valence-corrected chi connectivity index (χ0v) is 16.2. The molecule has 2 fully saturated rings. The lowest BCUT2D eigenvalue weighted by molar-refractivity contribution is -0.134. The molecule has 2 aliphatic heterocycles. The second-order valence-electron chi connectivity index (χ2n) is 8.63. The Morgan fingerprint density at radius 3 is 2.76 bits per heavy atom. The summed E-state index contributed by atoms with van der Waals surface area (Å²) in [4.78, 5) is 14.4. The van der Waals surface area contributed by atoms with Crippen LogP contribution in [0.25, 0.3) is 0 Å². The minimum absolute atomic E-state index is 0.156. The molecule has 0 aromatic rings. The standard InChI is InChI=1S/C21H33NO3/c1-5-16(17-6-7-18-19(13-17)25-14-24-18)12-15(2)8-10-22-11-9-21(3,4)20(22)23/h7,13,15-17H,5-6,8-12,14H2,1-4H3. The SMILES string of the molecule is CCC(CC(C)CCN1CCC(C)(C)C1=O)C1C=C2OCOC2=CC1. The molecule has 4 nitrogen and oxygen atoms in total. The zero-order valence-electron chi connectivity index (χ0n) is 16.2. The molecule has 140 valence electrons. The van der Waals surface area contributed by atoms with Gasteiger partial charge in [0.25, 0.3) is 0 Å². The van der Waals surface area contributed by atoms with Crippen molar-refractivity contribution in [3.8, 4) is 0 Å². The number of ether oxygens (including phenoxy) is 2. The highest BCUT2D eigenvalue weighted by Crippen LogP contribution is 2.37. The Labute approximate surface area is 152 Å². The molecule has 1 amide bonds. The van der Waals surface area contributed by atoms with E-state index in [0.29, 0.717) is 30.5 Å². The fraction of sp³-hybridized carbons (Fsp3) is 0.762. The molecular weight excluding hydrogens is 314 g/mol. The van der Waals surface area contributed by atoms with Crippen LogP contribution in [-0.2, 0) is 14.3 Å². The van der Waals surface area contributed by atoms with Crippen molar-refractivity contribution in [2.24, 2.45) is 23.2 Å². The van der Waals surface area contributed by atoms with Crippen molar-refractivity contribution >= 4 is 5.91 Å². The van der Waals surface area contributed by atoms with Crippen LogP contribution < -0.4 is 0 Å². The van der Waals surface area contributed by atoms with Gasteiger partial charge in [0.2, 0.25) is 12.7 Å². The molecule has 3 atom stereocenters. The second kappa shape index (κ2) is 7.43. The number of nitrogens with zero attached hydrogens (tertiary/aromatic N) is 1. The van der Waals surface area contributed by atoms with Gasteiger partial charge in [-0.1, -0.05) is 34.1 Å². The predicted octanol–water partition coefficient (Wildman–Crippen LogP) is 4.48. The van der Waals surface area contributed by atoms with Gasteiger partial charge in [-0.3, -0.25) is 4.79 Å². The van der Waals surface area contributed by atoms with E-state index in [0.717, 1.165) is 43.9 Å². The summed E-state index contributed by atoms with van der Waals surface area (Å²) in [6.45, 7) is 11.0. The lowest BCUT2D eigenvalue weighted by Crippen LogP contribution is -2.32. The van der Waals surface area contributed by atoms with Crippen molar-refractivity contribution in [3.63, 3.8) is 0 Å². The summed E-state index contributed by atoms with van der Waals surface area (Å²) < 4.78 is 11.0. The van der Waals surface area contributed by atoms with Crippen LogP contribution >= 0.6 is 0 Å². The van der Waals surface area contributed by atoms with Crippen LogP contribution in [0.4, 0.5) is 0 Å². The maximum Gasteiger partial charge on any atom is 0.231 e. The van der Waals surface area contributed by atoms with Gasteiger partial charge in [-0.05, 0) is 55.6 Å². The van der Waals surface area contributed by atoms with Gasteiger partial charge in [0.05, 0.1) is 0 Å². The highest BCUT2D eigenvalue weighted by molar-refractivity contribution is 5.83. The third kappa shape index (κ3) is 4.04. The Kier molecular flexibility index (Phi) is 5.45. The van der Waals surface area contributed by atoms with Gasteiger partial charge in [0.1, 0.15) is 0 Å². The lowest BCUT2D eigenvalue weighted by Gasteiger charge is -2.28. The summed E-state index contributed by atoms with van der Waals surface area (Å²) in [5.41, 5.74) is -0.156. The fourth-order valence-electron chi connectivity index (χ4n) is 4.34. The van der Waals surface area contributed by atoms with Gasteiger partial charge >= 0.3 is 0 Å². The Morgan fingerprint density at radius 1 is 1.32 bits per heavy atom. The summed E-state index contributed by atoms with van der Waals surface area (Å²) >= 11 is 0. The number of rotatable bonds is 7. The molecule has 0 saturated carbocycles. The quantitative estimate of drug-likeness (QED) is 0.681. The van der Waals surface area contributed by atoms with Crippen molar-refractivity contribution in [2.45, 2.75) is 59.8 Å². The molecule has 4 heteroatoms. The lowest BCUT2D eigenvalue weighted by atomic mass is 9.79. The Morgan fingerprint density at radius 2 is 2.08 bits per heavy atom. The van der Waals surface area contributed by atoms with E-state index < -0.39 is 0 Å². The average Bonchev–Trinajstić information content (AvgIpc) is 3.15. The summed E-state index contributed by atoms with van der Waals surface area (Å²) in [6, 6.07) is 0. The molecule has 2 saturated heterocycles. The maximum absolute atomic E-state index is 12.4. The molecule has 3 aliphatic rings. The molecule has 2 heterocycles. The zero-order chi connectivity index (χ0) is 18.0. The summed E-state index contributed by atoms with van der Waals surface area (Å²) in [5.74, 6) is 4.03. The first-order valence-electron chi connectivity index (χ1n) is 9.88. The van der Waals surface area contributed by atoms with Gasteiger partial charge in [-0.25, -0.2) is 0 Å². The molecule has 1 aliphatic carbocycles. The van der Waals surface area contributed by atoms with E-state index in [4.69, 9.17) is 9.47 Å². The number of fused-ring (bicyclic) bond motifs is 1. The third-order valence-electron chi connectivity index (χ3n) is 6.21. The van der Waals surface area contributed by atoms with Crippen LogP contribution in [0.1, 0.15) is 59.8 Å². The second-order valence-corrected chi connectivity index (χ2v) is 8.63. The number of carbonyl (C=O) groups is 1. The third-order valence-corrected chi connectivity index (χ3v) is 6.21. The molecule has 0 spiro atoms. The molecular formula is C21H33NO3. The van der Waals surface area contributed by atoms with Crippen molar-refractivity contribution in [3.05, 3.63) is 23.7 Å². The molecule has 25 heavy (non-hydrogen) atoms. The van der Waals surface area contributed by atoms with Crippen molar-refractivity contribution in [1.82, 2.24) is 4.90 Å². The Balaban J connectivity index is 1.49. The van der Waals surface area contributed by atoms with Crippen LogP contribution in [0, 0.1) is 23.2 Å². The van der Waals surface area contributed by atoms with Gasteiger partial charge < -0.3 is 14.4 Å². The Hall–Kier alpha value is -1.45. The van der Waals surface area contributed by atoms with Gasteiger partial charge in [-0.2, -0.15) is 0 Å².